The zero-order chi connectivity index (χ0) is 22.7. The van der Waals surface area contributed by atoms with E-state index in [1.165, 1.54) is 5.56 Å². The van der Waals surface area contributed by atoms with Crippen LogP contribution in [-0.2, 0) is 11.2 Å². The molecular weight excluding hydrogens is 418 g/mol. The Morgan fingerprint density at radius 3 is 2.64 bits per heavy atom. The lowest BCUT2D eigenvalue weighted by Gasteiger charge is -2.25. The molecule has 3 aromatic rings. The summed E-state index contributed by atoms with van der Waals surface area (Å²) >= 11 is 0. The Morgan fingerprint density at radius 1 is 1.00 bits per heavy atom. The van der Waals surface area contributed by atoms with Gasteiger partial charge in [-0.25, -0.2) is 4.79 Å². The average Bonchev–Trinajstić information content (AvgIpc) is 3.43. The van der Waals surface area contributed by atoms with Crippen LogP contribution in [0, 0.1) is 0 Å². The Bertz CT molecular complexity index is 1120. The number of benzene rings is 2. The van der Waals surface area contributed by atoms with Crippen molar-refractivity contribution >= 4 is 12.0 Å². The van der Waals surface area contributed by atoms with Crippen molar-refractivity contribution in [2.24, 2.45) is 0 Å². The van der Waals surface area contributed by atoms with Crippen molar-refractivity contribution in [1.29, 1.82) is 0 Å². The monoisotopic (exact) mass is 445 g/mol. The fraction of sp³-hybridized carbons (Fsp3) is 0.360. The van der Waals surface area contributed by atoms with Crippen molar-refractivity contribution in [1.82, 2.24) is 24.6 Å². The fourth-order valence-electron chi connectivity index (χ4n) is 4.72. The van der Waals surface area contributed by atoms with Gasteiger partial charge in [0, 0.05) is 37.3 Å². The highest BCUT2D eigenvalue weighted by Crippen LogP contribution is 2.33. The molecule has 33 heavy (non-hydrogen) atoms. The van der Waals surface area contributed by atoms with Crippen LogP contribution in [0.4, 0.5) is 4.79 Å². The van der Waals surface area contributed by atoms with Gasteiger partial charge in [-0.1, -0.05) is 36.4 Å². The summed E-state index contributed by atoms with van der Waals surface area (Å²) in [6.07, 6.45) is 6.00. The minimum Gasteiger partial charge on any atom is -0.441 e. The zero-order valence-corrected chi connectivity index (χ0v) is 18.5. The summed E-state index contributed by atoms with van der Waals surface area (Å²) in [6.45, 7) is 2.45. The van der Waals surface area contributed by atoms with Gasteiger partial charge in [0.1, 0.15) is 18.3 Å². The van der Waals surface area contributed by atoms with Crippen LogP contribution in [0.15, 0.2) is 67.3 Å². The Balaban J connectivity index is 1.22. The molecule has 0 aliphatic carbocycles. The molecule has 1 atom stereocenters. The van der Waals surface area contributed by atoms with Gasteiger partial charge >= 0.3 is 6.09 Å². The van der Waals surface area contributed by atoms with Gasteiger partial charge in [-0.05, 0) is 43.0 Å². The van der Waals surface area contributed by atoms with E-state index < -0.39 is 5.60 Å². The number of likely N-dealkylation sites (tertiary alicyclic amines) is 1. The van der Waals surface area contributed by atoms with Crippen molar-refractivity contribution in [3.63, 3.8) is 0 Å². The molecule has 0 saturated carbocycles. The van der Waals surface area contributed by atoms with Crippen LogP contribution in [0.2, 0.25) is 0 Å². The van der Waals surface area contributed by atoms with E-state index in [0.29, 0.717) is 38.2 Å². The first kappa shape index (κ1) is 21.2. The van der Waals surface area contributed by atoms with Gasteiger partial charge < -0.3 is 14.5 Å². The van der Waals surface area contributed by atoms with Gasteiger partial charge in [-0.15, -0.1) is 10.2 Å². The van der Waals surface area contributed by atoms with E-state index in [1.807, 2.05) is 52.3 Å². The molecule has 0 radical (unpaired) electrons. The smallest absolute Gasteiger partial charge is 0.410 e. The summed E-state index contributed by atoms with van der Waals surface area (Å²) in [4.78, 5) is 29.5. The normalized spacial score (nSPS) is 20.7. The summed E-state index contributed by atoms with van der Waals surface area (Å²) in [5.74, 6) is -0.00719. The van der Waals surface area contributed by atoms with Crippen molar-refractivity contribution < 1.29 is 14.3 Å². The van der Waals surface area contributed by atoms with Crippen LogP contribution in [0.1, 0.15) is 35.2 Å². The molecule has 8 heteroatoms. The van der Waals surface area contributed by atoms with Crippen LogP contribution in [0.3, 0.4) is 0 Å². The number of hydrogen-bond acceptors (Lipinski definition) is 5. The number of aromatic nitrogens is 3. The second kappa shape index (κ2) is 9.05. The molecule has 2 aliphatic rings. The van der Waals surface area contributed by atoms with Gasteiger partial charge in [0.25, 0.3) is 5.91 Å². The fourth-order valence-corrected chi connectivity index (χ4v) is 4.72. The second-order valence-electron chi connectivity index (χ2n) is 8.77. The van der Waals surface area contributed by atoms with Gasteiger partial charge in [-0.2, -0.15) is 0 Å². The number of nitrogens with zero attached hydrogens (tertiary/aromatic N) is 5. The maximum absolute atomic E-state index is 13.2. The molecule has 2 aliphatic heterocycles. The summed E-state index contributed by atoms with van der Waals surface area (Å²) in [5, 5.41) is 7.66. The lowest BCUT2D eigenvalue weighted by atomic mass is 9.95. The topological polar surface area (TPSA) is 80.6 Å². The number of carbonyl (C=O) groups is 2. The van der Waals surface area contributed by atoms with Crippen molar-refractivity contribution in [3.8, 4) is 5.69 Å². The molecule has 5 rings (SSSR count). The zero-order valence-electron chi connectivity index (χ0n) is 18.5. The van der Waals surface area contributed by atoms with Crippen LogP contribution in [0.5, 0.6) is 0 Å². The van der Waals surface area contributed by atoms with E-state index in [4.69, 9.17) is 4.74 Å². The van der Waals surface area contributed by atoms with E-state index in [9.17, 15) is 9.59 Å². The quantitative estimate of drug-likeness (QED) is 0.602. The number of carbonyl (C=O) groups excluding carboxylic acids is 2. The Labute approximate surface area is 192 Å². The lowest BCUT2D eigenvalue weighted by Crippen LogP contribution is -2.37. The van der Waals surface area contributed by atoms with Crippen molar-refractivity contribution in [2.45, 2.75) is 31.3 Å². The summed E-state index contributed by atoms with van der Waals surface area (Å²) < 4.78 is 7.68. The third kappa shape index (κ3) is 4.60. The average molecular weight is 446 g/mol. The first-order valence-electron chi connectivity index (χ1n) is 11.4. The first-order chi connectivity index (χ1) is 16.1. The highest BCUT2D eigenvalue weighted by Gasteiger charge is 2.45. The molecule has 170 valence electrons. The molecule has 2 fully saturated rings. The molecule has 0 N–H and O–H groups in total. The summed E-state index contributed by atoms with van der Waals surface area (Å²) in [5.41, 5.74) is 2.17. The maximum atomic E-state index is 13.2. The Morgan fingerprint density at radius 2 is 1.82 bits per heavy atom. The minimum atomic E-state index is -0.507. The highest BCUT2D eigenvalue weighted by molar-refractivity contribution is 5.94. The van der Waals surface area contributed by atoms with Crippen LogP contribution >= 0.6 is 0 Å². The number of rotatable bonds is 5. The van der Waals surface area contributed by atoms with Crippen molar-refractivity contribution in [2.75, 3.05) is 26.2 Å². The minimum absolute atomic E-state index is 0.00719. The first-order valence-corrected chi connectivity index (χ1v) is 11.4. The molecular formula is C25H27N5O3. The maximum Gasteiger partial charge on any atom is 0.410 e. The highest BCUT2D eigenvalue weighted by atomic mass is 16.6. The van der Waals surface area contributed by atoms with E-state index in [0.717, 1.165) is 24.9 Å². The van der Waals surface area contributed by atoms with E-state index in [-0.39, 0.29) is 12.0 Å². The second-order valence-corrected chi connectivity index (χ2v) is 8.77. The van der Waals surface area contributed by atoms with Gasteiger partial charge in [0.05, 0.1) is 6.54 Å². The number of ether oxygens (including phenoxy) is 1. The van der Waals surface area contributed by atoms with Gasteiger partial charge in [-0.3, -0.25) is 9.36 Å². The standard InChI is InChI=1S/C25H27N5O3/c31-23(21-8-4-9-22(16-21)30-18-26-27-19-30)28-13-5-11-25(12-15-28)17-29(24(32)33-25)14-10-20-6-2-1-3-7-20/h1-4,6-9,16,18-19H,5,10-15,17H2. The SMILES string of the molecule is O=C1OC2(CCCN(C(=O)c3cccc(-n4cnnc4)c3)CC2)CN1CCc1ccccc1. The predicted octanol–water partition coefficient (Wildman–Crippen LogP) is 3.33. The molecule has 2 saturated heterocycles. The molecule has 3 heterocycles. The third-order valence-electron chi connectivity index (χ3n) is 6.55. The molecule has 1 unspecified atom stereocenters. The molecule has 0 bridgehead atoms. The third-order valence-corrected chi connectivity index (χ3v) is 6.55. The molecule has 1 aromatic heterocycles. The van der Waals surface area contributed by atoms with Gasteiger partial charge in [0.2, 0.25) is 0 Å². The Kier molecular flexibility index (Phi) is 5.81. The number of hydrogen-bond donors (Lipinski definition) is 0. The lowest BCUT2D eigenvalue weighted by molar-refractivity contribution is 0.0438. The van der Waals surface area contributed by atoms with Gasteiger partial charge in [0.15, 0.2) is 0 Å². The molecule has 1 spiro atoms. The summed E-state index contributed by atoms with van der Waals surface area (Å²) in [7, 11) is 0. The van der Waals surface area contributed by atoms with E-state index in [1.54, 1.807) is 17.2 Å². The van der Waals surface area contributed by atoms with Crippen LogP contribution < -0.4 is 0 Å². The summed E-state index contributed by atoms with van der Waals surface area (Å²) in [6, 6.07) is 17.6. The molecule has 2 aromatic carbocycles. The predicted molar refractivity (Wildman–Crippen MR) is 122 cm³/mol. The van der Waals surface area contributed by atoms with Crippen molar-refractivity contribution in [3.05, 3.63) is 78.4 Å². The largest absolute Gasteiger partial charge is 0.441 e. The Hall–Kier alpha value is -3.68. The molecule has 2 amide bonds. The van der Waals surface area contributed by atoms with Crippen LogP contribution in [-0.4, -0.2) is 68.3 Å². The van der Waals surface area contributed by atoms with E-state index >= 15 is 0 Å². The number of amides is 2. The molecule has 8 nitrogen and oxygen atoms in total. The van der Waals surface area contributed by atoms with E-state index in [2.05, 4.69) is 22.3 Å². The van der Waals surface area contributed by atoms with Crippen LogP contribution in [0.25, 0.3) is 5.69 Å².